The molecule has 0 atom stereocenters. The molecule has 6 rings (SSSR count). The SMILES string of the molecule is O=C1OC(c2ccccc2)=C/C1=C\c1ccc(N2c3ccccc3Sc3ccccc32)cc1. The Hall–Kier alpha value is -4.02. The Kier molecular flexibility index (Phi) is 4.85. The van der Waals surface area contributed by atoms with E-state index in [2.05, 4.69) is 65.6 Å². The van der Waals surface area contributed by atoms with E-state index < -0.39 is 0 Å². The normalized spacial score (nSPS) is 15.6. The number of nitrogens with zero attached hydrogens (tertiary/aromatic N) is 1. The monoisotopic (exact) mass is 445 g/mol. The molecule has 158 valence electrons. The van der Waals surface area contributed by atoms with Gasteiger partial charge in [-0.15, -0.1) is 0 Å². The van der Waals surface area contributed by atoms with Gasteiger partial charge in [-0.3, -0.25) is 0 Å². The van der Waals surface area contributed by atoms with E-state index in [0.29, 0.717) is 11.3 Å². The molecule has 0 N–H and O–H groups in total. The third kappa shape index (κ3) is 3.65. The molecule has 0 fully saturated rings. The molecule has 0 unspecified atom stereocenters. The zero-order chi connectivity index (χ0) is 22.2. The number of rotatable bonds is 3. The van der Waals surface area contributed by atoms with E-state index in [4.69, 9.17) is 4.74 Å². The van der Waals surface area contributed by atoms with Crippen LogP contribution in [0.1, 0.15) is 11.1 Å². The number of para-hydroxylation sites is 2. The average molecular weight is 446 g/mol. The fraction of sp³-hybridized carbons (Fsp3) is 0. The van der Waals surface area contributed by atoms with Gasteiger partial charge < -0.3 is 9.64 Å². The number of hydrogen-bond acceptors (Lipinski definition) is 4. The summed E-state index contributed by atoms with van der Waals surface area (Å²) in [7, 11) is 0. The number of esters is 1. The Bertz CT molecular complexity index is 1380. The highest BCUT2D eigenvalue weighted by Gasteiger charge is 2.24. The third-order valence-corrected chi connectivity index (χ3v) is 6.82. The number of anilines is 3. The molecule has 0 saturated carbocycles. The first-order valence-electron chi connectivity index (χ1n) is 10.7. The average Bonchev–Trinajstić information content (AvgIpc) is 3.23. The van der Waals surface area contributed by atoms with E-state index in [0.717, 1.165) is 16.8 Å². The minimum absolute atomic E-state index is 0.325. The zero-order valence-electron chi connectivity index (χ0n) is 17.6. The van der Waals surface area contributed by atoms with E-state index in [1.165, 1.54) is 21.2 Å². The molecule has 0 bridgehead atoms. The highest BCUT2D eigenvalue weighted by molar-refractivity contribution is 7.99. The van der Waals surface area contributed by atoms with Crippen LogP contribution in [0.4, 0.5) is 17.1 Å². The number of benzene rings is 4. The van der Waals surface area contributed by atoms with Gasteiger partial charge in [0, 0.05) is 21.0 Å². The minimum atomic E-state index is -0.325. The Morgan fingerprint density at radius 2 is 1.30 bits per heavy atom. The largest absolute Gasteiger partial charge is 0.422 e. The summed E-state index contributed by atoms with van der Waals surface area (Å²) in [5.41, 5.74) is 5.80. The van der Waals surface area contributed by atoms with Crippen LogP contribution in [0, 0.1) is 0 Å². The summed E-state index contributed by atoms with van der Waals surface area (Å²) in [6, 6.07) is 34.8. The number of hydrogen-bond donors (Lipinski definition) is 0. The molecule has 0 aromatic heterocycles. The van der Waals surface area contributed by atoms with Crippen molar-refractivity contribution in [1.29, 1.82) is 0 Å². The van der Waals surface area contributed by atoms with Crippen molar-refractivity contribution in [1.82, 2.24) is 0 Å². The Balaban J connectivity index is 1.34. The summed E-state index contributed by atoms with van der Waals surface area (Å²) in [6.45, 7) is 0. The maximum absolute atomic E-state index is 12.4. The van der Waals surface area contributed by atoms with Crippen molar-refractivity contribution in [2.45, 2.75) is 9.79 Å². The molecule has 0 aliphatic carbocycles. The molecule has 4 aromatic rings. The van der Waals surface area contributed by atoms with Crippen molar-refractivity contribution in [3.8, 4) is 0 Å². The summed E-state index contributed by atoms with van der Waals surface area (Å²) < 4.78 is 5.47. The zero-order valence-corrected chi connectivity index (χ0v) is 18.5. The van der Waals surface area contributed by atoms with Gasteiger partial charge in [-0.05, 0) is 54.1 Å². The number of ether oxygens (including phenoxy) is 1. The van der Waals surface area contributed by atoms with E-state index in [9.17, 15) is 4.79 Å². The van der Waals surface area contributed by atoms with Gasteiger partial charge in [0.05, 0.1) is 16.9 Å². The molecule has 2 aliphatic rings. The smallest absolute Gasteiger partial charge is 0.343 e. The molecule has 2 aliphatic heterocycles. The van der Waals surface area contributed by atoms with Crippen molar-refractivity contribution >= 4 is 46.6 Å². The van der Waals surface area contributed by atoms with Gasteiger partial charge in [0.15, 0.2) is 0 Å². The molecule has 4 aromatic carbocycles. The summed E-state index contributed by atoms with van der Waals surface area (Å²) in [4.78, 5) is 17.1. The molecular formula is C29H19NO2S. The predicted octanol–water partition coefficient (Wildman–Crippen LogP) is 7.60. The minimum Gasteiger partial charge on any atom is -0.422 e. The highest BCUT2D eigenvalue weighted by atomic mass is 32.2. The highest BCUT2D eigenvalue weighted by Crippen LogP contribution is 2.51. The third-order valence-electron chi connectivity index (χ3n) is 5.69. The number of cyclic esters (lactones) is 1. The first-order chi connectivity index (χ1) is 16.3. The standard InChI is InChI=1S/C29H19NO2S/c31-29-22(19-26(32-29)21-8-2-1-3-9-21)18-20-14-16-23(17-15-20)30-24-10-4-6-12-27(24)33-28-13-7-5-11-25(28)30/h1-19H/b22-18+. The van der Waals surface area contributed by atoms with Crippen LogP contribution in [-0.2, 0) is 9.53 Å². The van der Waals surface area contributed by atoms with Gasteiger partial charge >= 0.3 is 5.97 Å². The molecule has 0 saturated heterocycles. The number of carbonyl (C=O) groups excluding carboxylic acids is 1. The van der Waals surface area contributed by atoms with E-state index in [-0.39, 0.29) is 5.97 Å². The second-order valence-corrected chi connectivity index (χ2v) is 8.91. The Morgan fingerprint density at radius 3 is 1.97 bits per heavy atom. The lowest BCUT2D eigenvalue weighted by molar-refractivity contribution is -0.130. The van der Waals surface area contributed by atoms with Gasteiger partial charge in [-0.25, -0.2) is 4.79 Å². The number of carbonyl (C=O) groups is 1. The summed E-state index contributed by atoms with van der Waals surface area (Å²) in [5.74, 6) is 0.261. The van der Waals surface area contributed by atoms with E-state index >= 15 is 0 Å². The van der Waals surface area contributed by atoms with Crippen molar-refractivity contribution in [3.63, 3.8) is 0 Å². The van der Waals surface area contributed by atoms with Crippen molar-refractivity contribution in [3.05, 3.63) is 126 Å². The second kappa shape index (κ2) is 8.15. The molecule has 0 radical (unpaired) electrons. The topological polar surface area (TPSA) is 29.5 Å². The van der Waals surface area contributed by atoms with E-state index in [1.54, 1.807) is 17.8 Å². The van der Waals surface area contributed by atoms with Crippen LogP contribution in [0.2, 0.25) is 0 Å². The molecular weight excluding hydrogens is 426 g/mol. The molecule has 3 nitrogen and oxygen atoms in total. The molecule has 2 heterocycles. The van der Waals surface area contributed by atoms with Crippen LogP contribution in [0.15, 0.2) is 125 Å². The lowest BCUT2D eigenvalue weighted by Crippen LogP contribution is -2.14. The summed E-state index contributed by atoms with van der Waals surface area (Å²) in [6.07, 6.45) is 3.68. The fourth-order valence-electron chi connectivity index (χ4n) is 4.12. The van der Waals surface area contributed by atoms with Crippen molar-refractivity contribution in [2.24, 2.45) is 0 Å². The van der Waals surface area contributed by atoms with Crippen molar-refractivity contribution in [2.75, 3.05) is 4.90 Å². The van der Waals surface area contributed by atoms with Crippen LogP contribution >= 0.6 is 11.8 Å². The van der Waals surface area contributed by atoms with Gasteiger partial charge in [0.1, 0.15) is 5.76 Å². The first kappa shape index (κ1) is 19.6. The van der Waals surface area contributed by atoms with Gasteiger partial charge in [-0.1, -0.05) is 78.5 Å². The molecule has 0 amide bonds. The van der Waals surface area contributed by atoms with Gasteiger partial charge in [0.25, 0.3) is 0 Å². The molecule has 4 heteroatoms. The summed E-state index contributed by atoms with van der Waals surface area (Å²) in [5, 5.41) is 0. The molecule has 0 spiro atoms. The quantitative estimate of drug-likeness (QED) is 0.211. The number of fused-ring (bicyclic) bond motifs is 2. The van der Waals surface area contributed by atoms with Crippen LogP contribution in [0.5, 0.6) is 0 Å². The van der Waals surface area contributed by atoms with Crippen LogP contribution in [0.25, 0.3) is 11.8 Å². The van der Waals surface area contributed by atoms with Crippen molar-refractivity contribution < 1.29 is 9.53 Å². The van der Waals surface area contributed by atoms with Crippen LogP contribution < -0.4 is 4.90 Å². The Morgan fingerprint density at radius 1 is 0.697 bits per heavy atom. The van der Waals surface area contributed by atoms with Gasteiger partial charge in [0.2, 0.25) is 0 Å². The first-order valence-corrected chi connectivity index (χ1v) is 11.5. The second-order valence-electron chi connectivity index (χ2n) is 7.83. The summed E-state index contributed by atoms with van der Waals surface area (Å²) >= 11 is 1.79. The Labute approximate surface area is 196 Å². The predicted molar refractivity (Wildman–Crippen MR) is 134 cm³/mol. The maximum atomic E-state index is 12.4. The van der Waals surface area contributed by atoms with Gasteiger partial charge in [-0.2, -0.15) is 0 Å². The van der Waals surface area contributed by atoms with E-state index in [1.807, 2.05) is 48.5 Å². The van der Waals surface area contributed by atoms with Crippen LogP contribution in [-0.4, -0.2) is 5.97 Å². The lowest BCUT2D eigenvalue weighted by Gasteiger charge is -2.32. The maximum Gasteiger partial charge on any atom is 0.343 e. The van der Waals surface area contributed by atoms with Crippen LogP contribution in [0.3, 0.4) is 0 Å². The molecule has 33 heavy (non-hydrogen) atoms. The lowest BCUT2D eigenvalue weighted by atomic mass is 10.1. The fourth-order valence-corrected chi connectivity index (χ4v) is 5.17.